The summed E-state index contributed by atoms with van der Waals surface area (Å²) < 4.78 is 5.51. The Balaban J connectivity index is 2.77. The fraction of sp³-hybridized carbons (Fsp3) is 0.417. The number of benzene rings is 1. The normalized spacial score (nSPS) is 10.4. The Hall–Kier alpha value is -1.71. The molecule has 0 aliphatic heterocycles. The topological polar surface area (TPSA) is 72.5 Å². The minimum atomic E-state index is -0.824. The van der Waals surface area contributed by atoms with Crippen molar-refractivity contribution in [2.45, 2.75) is 32.8 Å². The molecular formula is C12H17NO3. The zero-order valence-corrected chi connectivity index (χ0v) is 9.56. The summed E-state index contributed by atoms with van der Waals surface area (Å²) in [6.45, 7) is 3.88. The number of carboxylic acids is 1. The molecule has 0 aromatic heterocycles. The molecule has 4 nitrogen and oxygen atoms in total. The van der Waals surface area contributed by atoms with Gasteiger partial charge in [-0.3, -0.25) is 4.79 Å². The maximum absolute atomic E-state index is 10.5. The van der Waals surface area contributed by atoms with E-state index in [4.69, 9.17) is 15.6 Å². The van der Waals surface area contributed by atoms with E-state index < -0.39 is 5.97 Å². The van der Waals surface area contributed by atoms with E-state index in [1.54, 1.807) is 18.2 Å². The number of nitrogen functional groups attached to an aromatic ring is 1. The van der Waals surface area contributed by atoms with Crippen LogP contribution in [0.2, 0.25) is 0 Å². The molecule has 0 aliphatic rings. The van der Waals surface area contributed by atoms with Crippen molar-refractivity contribution >= 4 is 11.7 Å². The number of hydrogen-bond donors (Lipinski definition) is 2. The van der Waals surface area contributed by atoms with E-state index in [0.717, 1.165) is 11.3 Å². The van der Waals surface area contributed by atoms with Crippen molar-refractivity contribution in [1.29, 1.82) is 0 Å². The number of ether oxygens (including phenoxy) is 1. The van der Waals surface area contributed by atoms with Gasteiger partial charge in [0, 0.05) is 12.1 Å². The third-order valence-corrected chi connectivity index (χ3v) is 2.09. The third kappa shape index (κ3) is 3.81. The second-order valence-corrected chi connectivity index (χ2v) is 3.92. The number of hydrogen-bond acceptors (Lipinski definition) is 3. The molecule has 88 valence electrons. The first-order valence-electron chi connectivity index (χ1n) is 5.26. The molecule has 0 saturated heterocycles. The van der Waals surface area contributed by atoms with Gasteiger partial charge in [-0.05, 0) is 44.0 Å². The highest BCUT2D eigenvalue weighted by atomic mass is 16.5. The van der Waals surface area contributed by atoms with Crippen molar-refractivity contribution in [3.8, 4) is 5.75 Å². The summed E-state index contributed by atoms with van der Waals surface area (Å²) in [6, 6.07) is 5.34. The molecule has 1 aromatic carbocycles. The van der Waals surface area contributed by atoms with Gasteiger partial charge in [0.1, 0.15) is 5.75 Å². The van der Waals surface area contributed by atoms with E-state index in [9.17, 15) is 4.79 Å². The number of carbonyl (C=O) groups is 1. The van der Waals surface area contributed by atoms with Crippen molar-refractivity contribution in [3.63, 3.8) is 0 Å². The average molecular weight is 223 g/mol. The molecule has 0 radical (unpaired) electrons. The van der Waals surface area contributed by atoms with Gasteiger partial charge in [-0.2, -0.15) is 0 Å². The maximum Gasteiger partial charge on any atom is 0.303 e. The standard InChI is InChI=1S/C12H17NO3/c1-8(2)16-10-4-5-11(13)9(7-10)3-6-12(14)15/h4-5,7-8H,3,6,13H2,1-2H3,(H,14,15). The van der Waals surface area contributed by atoms with E-state index in [0.29, 0.717) is 12.1 Å². The second kappa shape index (κ2) is 5.39. The molecule has 0 spiro atoms. The maximum atomic E-state index is 10.5. The van der Waals surface area contributed by atoms with Gasteiger partial charge in [0.05, 0.1) is 6.10 Å². The van der Waals surface area contributed by atoms with Crippen LogP contribution in [0, 0.1) is 0 Å². The van der Waals surface area contributed by atoms with Gasteiger partial charge in [0.2, 0.25) is 0 Å². The molecular weight excluding hydrogens is 206 g/mol. The van der Waals surface area contributed by atoms with E-state index in [1.807, 2.05) is 13.8 Å². The summed E-state index contributed by atoms with van der Waals surface area (Å²) in [4.78, 5) is 10.5. The molecule has 3 N–H and O–H groups in total. The van der Waals surface area contributed by atoms with Crippen LogP contribution in [0.3, 0.4) is 0 Å². The first kappa shape index (κ1) is 12.4. The summed E-state index contributed by atoms with van der Waals surface area (Å²) >= 11 is 0. The van der Waals surface area contributed by atoms with Crippen LogP contribution >= 0.6 is 0 Å². The molecule has 0 atom stereocenters. The number of rotatable bonds is 5. The van der Waals surface area contributed by atoms with Crippen molar-refractivity contribution < 1.29 is 14.6 Å². The van der Waals surface area contributed by atoms with Gasteiger partial charge in [-0.15, -0.1) is 0 Å². The van der Waals surface area contributed by atoms with Crippen LogP contribution in [0.15, 0.2) is 18.2 Å². The number of nitrogens with two attached hydrogens (primary N) is 1. The predicted molar refractivity (Wildman–Crippen MR) is 62.6 cm³/mol. The van der Waals surface area contributed by atoms with Crippen LogP contribution in [0.1, 0.15) is 25.8 Å². The summed E-state index contributed by atoms with van der Waals surface area (Å²) in [5, 5.41) is 8.61. The summed E-state index contributed by atoms with van der Waals surface area (Å²) in [5.41, 5.74) is 7.19. The lowest BCUT2D eigenvalue weighted by Gasteiger charge is -2.12. The summed E-state index contributed by atoms with van der Waals surface area (Å²) in [7, 11) is 0. The van der Waals surface area contributed by atoms with Crippen LogP contribution in [0.4, 0.5) is 5.69 Å². The first-order valence-corrected chi connectivity index (χ1v) is 5.26. The number of aryl methyl sites for hydroxylation is 1. The number of aliphatic carboxylic acids is 1. The Morgan fingerprint density at radius 2 is 2.19 bits per heavy atom. The van der Waals surface area contributed by atoms with Crippen LogP contribution in [-0.2, 0) is 11.2 Å². The lowest BCUT2D eigenvalue weighted by Crippen LogP contribution is -2.07. The molecule has 0 amide bonds. The lowest BCUT2D eigenvalue weighted by atomic mass is 10.1. The quantitative estimate of drug-likeness (QED) is 0.749. The van der Waals surface area contributed by atoms with Gasteiger partial charge in [-0.1, -0.05) is 0 Å². The fourth-order valence-corrected chi connectivity index (χ4v) is 1.39. The highest BCUT2D eigenvalue weighted by Crippen LogP contribution is 2.21. The van der Waals surface area contributed by atoms with Crippen LogP contribution in [0.5, 0.6) is 5.75 Å². The molecule has 0 unspecified atom stereocenters. The SMILES string of the molecule is CC(C)Oc1ccc(N)c(CCC(=O)O)c1. The van der Waals surface area contributed by atoms with Gasteiger partial charge in [0.15, 0.2) is 0 Å². The van der Waals surface area contributed by atoms with E-state index in [-0.39, 0.29) is 12.5 Å². The molecule has 1 aromatic rings. The molecule has 0 saturated carbocycles. The van der Waals surface area contributed by atoms with Gasteiger partial charge >= 0.3 is 5.97 Å². The van der Waals surface area contributed by atoms with Gasteiger partial charge < -0.3 is 15.6 Å². The first-order chi connectivity index (χ1) is 7.49. The monoisotopic (exact) mass is 223 g/mol. The summed E-state index contributed by atoms with van der Waals surface area (Å²) in [6.07, 6.45) is 0.599. The number of carboxylic acid groups (broad SMARTS) is 1. The molecule has 1 rings (SSSR count). The van der Waals surface area contributed by atoms with Gasteiger partial charge in [-0.25, -0.2) is 0 Å². The van der Waals surface area contributed by atoms with Gasteiger partial charge in [0.25, 0.3) is 0 Å². The zero-order chi connectivity index (χ0) is 12.1. The minimum absolute atomic E-state index is 0.0787. The Morgan fingerprint density at radius 3 is 2.75 bits per heavy atom. The van der Waals surface area contributed by atoms with Crippen molar-refractivity contribution in [2.75, 3.05) is 5.73 Å². The van der Waals surface area contributed by atoms with E-state index in [1.165, 1.54) is 0 Å². The minimum Gasteiger partial charge on any atom is -0.491 e. The highest BCUT2D eigenvalue weighted by molar-refractivity contribution is 5.67. The zero-order valence-electron chi connectivity index (χ0n) is 9.56. The molecule has 0 heterocycles. The Labute approximate surface area is 95.0 Å². The third-order valence-electron chi connectivity index (χ3n) is 2.09. The Kier molecular flexibility index (Phi) is 4.17. The molecule has 0 bridgehead atoms. The summed E-state index contributed by atoms with van der Waals surface area (Å²) in [5.74, 6) is -0.0980. The molecule has 0 fully saturated rings. The molecule has 0 aliphatic carbocycles. The highest BCUT2D eigenvalue weighted by Gasteiger charge is 2.05. The average Bonchev–Trinajstić information content (AvgIpc) is 2.18. The second-order valence-electron chi connectivity index (χ2n) is 3.92. The van der Waals surface area contributed by atoms with Crippen LogP contribution < -0.4 is 10.5 Å². The predicted octanol–water partition coefficient (Wildman–Crippen LogP) is 2.07. The van der Waals surface area contributed by atoms with Crippen LogP contribution in [0.25, 0.3) is 0 Å². The largest absolute Gasteiger partial charge is 0.491 e. The van der Waals surface area contributed by atoms with E-state index in [2.05, 4.69) is 0 Å². The van der Waals surface area contributed by atoms with E-state index >= 15 is 0 Å². The molecule has 4 heteroatoms. The smallest absolute Gasteiger partial charge is 0.303 e. The Bertz CT molecular complexity index is 375. The fourth-order valence-electron chi connectivity index (χ4n) is 1.39. The van der Waals surface area contributed by atoms with Crippen molar-refractivity contribution in [2.24, 2.45) is 0 Å². The van der Waals surface area contributed by atoms with Crippen molar-refractivity contribution in [3.05, 3.63) is 23.8 Å². The lowest BCUT2D eigenvalue weighted by molar-refractivity contribution is -0.136. The number of anilines is 1. The van der Waals surface area contributed by atoms with Crippen LogP contribution in [-0.4, -0.2) is 17.2 Å². The Morgan fingerprint density at radius 1 is 1.50 bits per heavy atom. The molecule has 16 heavy (non-hydrogen) atoms. The van der Waals surface area contributed by atoms with Crippen molar-refractivity contribution in [1.82, 2.24) is 0 Å².